The maximum absolute atomic E-state index is 8.72. The highest BCUT2D eigenvalue weighted by molar-refractivity contribution is 5.10. The minimum atomic E-state index is 0.182. The molecule has 1 N–H and O–H groups in total. The standard InChI is InChI=1S/C12H20O/c1-11(2)8-6-4-5-7-9-12(3)10-13/h6,8-9,13H,1,4-5,7,10H2,2-3H3/b8-6+,12-9+. The second kappa shape index (κ2) is 7.81. The van der Waals surface area contributed by atoms with Gasteiger partial charge in [0, 0.05) is 0 Å². The van der Waals surface area contributed by atoms with Crippen LogP contribution in [0.2, 0.25) is 0 Å². The Morgan fingerprint density at radius 1 is 1.31 bits per heavy atom. The van der Waals surface area contributed by atoms with E-state index in [1.165, 1.54) is 0 Å². The average molecular weight is 180 g/mol. The first-order valence-corrected chi connectivity index (χ1v) is 4.75. The van der Waals surface area contributed by atoms with Crippen molar-refractivity contribution in [3.63, 3.8) is 0 Å². The van der Waals surface area contributed by atoms with Crippen LogP contribution in [0.15, 0.2) is 36.0 Å². The van der Waals surface area contributed by atoms with Crippen molar-refractivity contribution in [2.24, 2.45) is 0 Å². The number of hydrogen-bond donors (Lipinski definition) is 1. The molecule has 1 heteroatoms. The molecule has 0 radical (unpaired) electrons. The van der Waals surface area contributed by atoms with Crippen LogP contribution in [0.4, 0.5) is 0 Å². The molecule has 0 spiro atoms. The van der Waals surface area contributed by atoms with E-state index in [1.807, 2.05) is 19.9 Å². The lowest BCUT2D eigenvalue weighted by molar-refractivity contribution is 0.331. The van der Waals surface area contributed by atoms with E-state index < -0.39 is 0 Å². The monoisotopic (exact) mass is 180 g/mol. The van der Waals surface area contributed by atoms with Crippen molar-refractivity contribution in [3.05, 3.63) is 36.0 Å². The van der Waals surface area contributed by atoms with Crippen LogP contribution in [0.25, 0.3) is 0 Å². The Morgan fingerprint density at radius 2 is 2.00 bits per heavy atom. The van der Waals surface area contributed by atoms with Crippen molar-refractivity contribution in [3.8, 4) is 0 Å². The first kappa shape index (κ1) is 12.2. The van der Waals surface area contributed by atoms with Gasteiger partial charge in [-0.2, -0.15) is 0 Å². The fraction of sp³-hybridized carbons (Fsp3) is 0.500. The fourth-order valence-electron chi connectivity index (χ4n) is 0.933. The predicted octanol–water partition coefficient (Wildman–Crippen LogP) is 3.23. The van der Waals surface area contributed by atoms with Crippen LogP contribution in [0.1, 0.15) is 33.1 Å². The van der Waals surface area contributed by atoms with Gasteiger partial charge in [0.25, 0.3) is 0 Å². The molecule has 0 bridgehead atoms. The Bertz CT molecular complexity index is 199. The SMILES string of the molecule is C=C(C)/C=C/CCC/C=C(\C)CO. The predicted molar refractivity (Wildman–Crippen MR) is 58.6 cm³/mol. The van der Waals surface area contributed by atoms with E-state index in [1.54, 1.807) is 0 Å². The van der Waals surface area contributed by atoms with Crippen molar-refractivity contribution in [1.82, 2.24) is 0 Å². The van der Waals surface area contributed by atoms with Crippen LogP contribution in [0.3, 0.4) is 0 Å². The highest BCUT2D eigenvalue weighted by Gasteiger charge is 1.85. The molecule has 1 nitrogen and oxygen atoms in total. The van der Waals surface area contributed by atoms with Gasteiger partial charge in [0.05, 0.1) is 6.61 Å². The Kier molecular flexibility index (Phi) is 7.32. The molecule has 0 heterocycles. The highest BCUT2D eigenvalue weighted by atomic mass is 16.3. The van der Waals surface area contributed by atoms with Crippen LogP contribution < -0.4 is 0 Å². The van der Waals surface area contributed by atoms with E-state index >= 15 is 0 Å². The average Bonchev–Trinajstić information content (AvgIpc) is 2.10. The van der Waals surface area contributed by atoms with Gasteiger partial charge in [-0.1, -0.05) is 36.0 Å². The van der Waals surface area contributed by atoms with Crippen LogP contribution in [0.5, 0.6) is 0 Å². The lowest BCUT2D eigenvalue weighted by atomic mass is 10.1. The maximum atomic E-state index is 8.72. The molecule has 0 atom stereocenters. The zero-order chi connectivity index (χ0) is 10.1. The molecular weight excluding hydrogens is 160 g/mol. The molecule has 0 amide bonds. The van der Waals surface area contributed by atoms with E-state index in [2.05, 4.69) is 18.7 Å². The van der Waals surface area contributed by atoms with E-state index in [0.717, 1.165) is 30.4 Å². The summed E-state index contributed by atoms with van der Waals surface area (Å²) in [6.07, 6.45) is 9.55. The zero-order valence-corrected chi connectivity index (χ0v) is 8.71. The summed E-state index contributed by atoms with van der Waals surface area (Å²) in [6.45, 7) is 7.91. The Labute approximate surface area is 81.5 Å². The normalized spacial score (nSPS) is 12.4. The highest BCUT2D eigenvalue weighted by Crippen LogP contribution is 2.02. The third kappa shape index (κ3) is 9.09. The van der Waals surface area contributed by atoms with Gasteiger partial charge >= 0.3 is 0 Å². The van der Waals surface area contributed by atoms with Crippen LogP contribution in [-0.4, -0.2) is 11.7 Å². The summed E-state index contributed by atoms with van der Waals surface area (Å²) in [5, 5.41) is 8.72. The van der Waals surface area contributed by atoms with E-state index in [-0.39, 0.29) is 6.61 Å². The van der Waals surface area contributed by atoms with Gasteiger partial charge in [-0.25, -0.2) is 0 Å². The molecule has 0 saturated heterocycles. The second-order valence-corrected chi connectivity index (χ2v) is 3.39. The Morgan fingerprint density at radius 3 is 2.54 bits per heavy atom. The first-order chi connectivity index (χ1) is 6.16. The van der Waals surface area contributed by atoms with Crippen LogP contribution >= 0.6 is 0 Å². The summed E-state index contributed by atoms with van der Waals surface area (Å²) < 4.78 is 0. The van der Waals surface area contributed by atoms with Gasteiger partial charge < -0.3 is 5.11 Å². The molecule has 0 saturated carbocycles. The molecule has 0 aromatic heterocycles. The van der Waals surface area contributed by atoms with E-state index in [9.17, 15) is 0 Å². The van der Waals surface area contributed by atoms with Gasteiger partial charge in [0.1, 0.15) is 0 Å². The molecule has 0 aromatic rings. The quantitative estimate of drug-likeness (QED) is 0.378. The smallest absolute Gasteiger partial charge is 0.0639 e. The summed E-state index contributed by atoms with van der Waals surface area (Å²) in [5.41, 5.74) is 2.16. The molecule has 74 valence electrons. The van der Waals surface area contributed by atoms with Crippen LogP contribution in [0, 0.1) is 0 Å². The summed E-state index contributed by atoms with van der Waals surface area (Å²) in [7, 11) is 0. The number of aliphatic hydroxyl groups is 1. The van der Waals surface area contributed by atoms with Crippen molar-refractivity contribution < 1.29 is 5.11 Å². The van der Waals surface area contributed by atoms with Gasteiger partial charge in [0.2, 0.25) is 0 Å². The molecule has 0 fully saturated rings. The molecule has 0 rings (SSSR count). The molecule has 0 unspecified atom stereocenters. The van der Waals surface area contributed by atoms with E-state index in [4.69, 9.17) is 5.11 Å². The summed E-state index contributed by atoms with van der Waals surface area (Å²) in [5.74, 6) is 0. The molecule has 0 aliphatic rings. The Balaban J connectivity index is 3.41. The number of aliphatic hydroxyl groups excluding tert-OH is 1. The molecule has 13 heavy (non-hydrogen) atoms. The number of allylic oxidation sites excluding steroid dienone is 4. The lowest BCUT2D eigenvalue weighted by Gasteiger charge is -1.94. The second-order valence-electron chi connectivity index (χ2n) is 3.39. The van der Waals surface area contributed by atoms with Gasteiger partial charge in [-0.3, -0.25) is 0 Å². The van der Waals surface area contributed by atoms with Crippen molar-refractivity contribution in [1.29, 1.82) is 0 Å². The Hall–Kier alpha value is -0.820. The topological polar surface area (TPSA) is 20.2 Å². The minimum absolute atomic E-state index is 0.182. The van der Waals surface area contributed by atoms with Gasteiger partial charge in [0.15, 0.2) is 0 Å². The number of unbranched alkanes of at least 4 members (excludes halogenated alkanes) is 2. The third-order valence-corrected chi connectivity index (χ3v) is 1.72. The van der Waals surface area contributed by atoms with Crippen molar-refractivity contribution in [2.75, 3.05) is 6.61 Å². The summed E-state index contributed by atoms with van der Waals surface area (Å²) in [4.78, 5) is 0. The third-order valence-electron chi connectivity index (χ3n) is 1.72. The molecule has 0 aliphatic heterocycles. The number of hydrogen-bond acceptors (Lipinski definition) is 1. The fourth-order valence-corrected chi connectivity index (χ4v) is 0.933. The first-order valence-electron chi connectivity index (χ1n) is 4.75. The maximum Gasteiger partial charge on any atom is 0.0639 e. The molecular formula is C12H20O. The van der Waals surface area contributed by atoms with Crippen molar-refractivity contribution in [2.45, 2.75) is 33.1 Å². The molecule has 0 aliphatic carbocycles. The van der Waals surface area contributed by atoms with Crippen LogP contribution in [-0.2, 0) is 0 Å². The lowest BCUT2D eigenvalue weighted by Crippen LogP contribution is -1.83. The van der Waals surface area contributed by atoms with Gasteiger partial charge in [-0.05, 0) is 33.1 Å². The summed E-state index contributed by atoms with van der Waals surface area (Å²) in [6, 6.07) is 0. The minimum Gasteiger partial charge on any atom is -0.392 e. The number of rotatable bonds is 6. The van der Waals surface area contributed by atoms with Gasteiger partial charge in [-0.15, -0.1) is 0 Å². The zero-order valence-electron chi connectivity index (χ0n) is 8.71. The molecule has 0 aromatic carbocycles. The summed E-state index contributed by atoms with van der Waals surface area (Å²) >= 11 is 0. The van der Waals surface area contributed by atoms with E-state index in [0.29, 0.717) is 0 Å². The van der Waals surface area contributed by atoms with Crippen molar-refractivity contribution >= 4 is 0 Å². The largest absolute Gasteiger partial charge is 0.392 e.